The maximum atomic E-state index is 13.6. The van der Waals surface area contributed by atoms with Gasteiger partial charge < -0.3 is 5.32 Å². The summed E-state index contributed by atoms with van der Waals surface area (Å²) < 4.78 is 26.7. The first-order valence-electron chi connectivity index (χ1n) is 5.64. The molecule has 0 aliphatic heterocycles. The third-order valence-corrected chi connectivity index (χ3v) is 3.34. The first-order valence-corrected chi connectivity index (χ1v) is 6.40. The van der Waals surface area contributed by atoms with Crippen LogP contribution < -0.4 is 5.32 Å². The molecule has 0 saturated heterocycles. The van der Waals surface area contributed by atoms with Crippen LogP contribution >= 0.6 is 23.2 Å². The summed E-state index contributed by atoms with van der Waals surface area (Å²) in [6.07, 6.45) is 0. The molecule has 5 heteroatoms. The summed E-state index contributed by atoms with van der Waals surface area (Å²) >= 11 is 11.9. The zero-order chi connectivity index (χ0) is 14.0. The molecular formula is C14H11Cl2F2N. The molecule has 0 bridgehead atoms. The molecule has 2 aromatic rings. The molecule has 1 unspecified atom stereocenters. The Morgan fingerprint density at radius 1 is 1.05 bits per heavy atom. The van der Waals surface area contributed by atoms with Crippen LogP contribution in [0.2, 0.25) is 10.0 Å². The summed E-state index contributed by atoms with van der Waals surface area (Å²) in [5.74, 6) is -0.837. The van der Waals surface area contributed by atoms with Gasteiger partial charge in [0.2, 0.25) is 0 Å². The molecular weight excluding hydrogens is 291 g/mol. The smallest absolute Gasteiger partial charge is 0.128 e. The van der Waals surface area contributed by atoms with Crippen molar-refractivity contribution in [2.75, 3.05) is 5.32 Å². The molecule has 0 heterocycles. The summed E-state index contributed by atoms with van der Waals surface area (Å²) in [6, 6.07) is 8.36. The van der Waals surface area contributed by atoms with Gasteiger partial charge >= 0.3 is 0 Å². The average Bonchev–Trinajstić information content (AvgIpc) is 2.34. The predicted molar refractivity (Wildman–Crippen MR) is 74.9 cm³/mol. The third kappa shape index (κ3) is 3.17. The Bertz CT molecular complexity index is 579. The normalized spacial score (nSPS) is 12.3. The molecule has 0 aliphatic carbocycles. The molecule has 0 aromatic heterocycles. The molecule has 0 radical (unpaired) electrons. The lowest BCUT2D eigenvalue weighted by atomic mass is 10.1. The lowest BCUT2D eigenvalue weighted by Crippen LogP contribution is -2.09. The molecule has 0 fully saturated rings. The van der Waals surface area contributed by atoms with Crippen molar-refractivity contribution in [1.82, 2.24) is 0 Å². The van der Waals surface area contributed by atoms with Gasteiger partial charge in [-0.3, -0.25) is 0 Å². The minimum absolute atomic E-state index is 0.160. The Morgan fingerprint density at radius 3 is 2.21 bits per heavy atom. The van der Waals surface area contributed by atoms with E-state index < -0.39 is 5.82 Å². The number of halogens is 4. The van der Waals surface area contributed by atoms with Crippen molar-refractivity contribution >= 4 is 28.9 Å². The van der Waals surface area contributed by atoms with Gasteiger partial charge in [-0.25, -0.2) is 8.78 Å². The first kappa shape index (κ1) is 14.1. The largest absolute Gasteiger partial charge is 0.376 e. The zero-order valence-corrected chi connectivity index (χ0v) is 11.6. The van der Waals surface area contributed by atoms with E-state index in [0.29, 0.717) is 11.3 Å². The van der Waals surface area contributed by atoms with Crippen LogP contribution in [0, 0.1) is 11.6 Å². The lowest BCUT2D eigenvalue weighted by molar-refractivity contribution is 0.600. The van der Waals surface area contributed by atoms with E-state index in [2.05, 4.69) is 5.32 Å². The number of rotatable bonds is 3. The predicted octanol–water partition coefficient (Wildman–Crippen LogP) is 5.44. The SMILES string of the molecule is CC(Nc1c(Cl)cc(F)cc1Cl)c1ccccc1F. The fourth-order valence-corrected chi connectivity index (χ4v) is 2.37. The van der Waals surface area contributed by atoms with Gasteiger partial charge in [-0.1, -0.05) is 41.4 Å². The van der Waals surface area contributed by atoms with Gasteiger partial charge in [0.1, 0.15) is 11.6 Å². The highest BCUT2D eigenvalue weighted by Gasteiger charge is 2.14. The van der Waals surface area contributed by atoms with Crippen molar-refractivity contribution in [2.45, 2.75) is 13.0 Å². The maximum absolute atomic E-state index is 13.6. The van der Waals surface area contributed by atoms with Crippen molar-refractivity contribution in [3.8, 4) is 0 Å². The quantitative estimate of drug-likeness (QED) is 0.795. The molecule has 2 aromatic carbocycles. The van der Waals surface area contributed by atoms with Crippen LogP contribution in [-0.4, -0.2) is 0 Å². The number of nitrogens with one attached hydrogen (secondary N) is 1. The van der Waals surface area contributed by atoms with Gasteiger partial charge in [0, 0.05) is 5.56 Å². The molecule has 0 aliphatic rings. The van der Waals surface area contributed by atoms with E-state index in [-0.39, 0.29) is 21.9 Å². The van der Waals surface area contributed by atoms with Crippen LogP contribution in [0.3, 0.4) is 0 Å². The molecule has 100 valence electrons. The lowest BCUT2D eigenvalue weighted by Gasteiger charge is -2.18. The van der Waals surface area contributed by atoms with Crippen LogP contribution in [0.25, 0.3) is 0 Å². The van der Waals surface area contributed by atoms with Crippen molar-refractivity contribution in [2.24, 2.45) is 0 Å². The Labute approximate surface area is 120 Å². The van der Waals surface area contributed by atoms with Crippen LogP contribution in [-0.2, 0) is 0 Å². The van der Waals surface area contributed by atoms with E-state index in [1.54, 1.807) is 25.1 Å². The fraction of sp³-hybridized carbons (Fsp3) is 0.143. The highest BCUT2D eigenvalue weighted by atomic mass is 35.5. The van der Waals surface area contributed by atoms with Gasteiger partial charge in [0.05, 0.1) is 21.8 Å². The summed E-state index contributed by atoms with van der Waals surface area (Å²) in [4.78, 5) is 0. The second kappa shape index (κ2) is 5.76. The van der Waals surface area contributed by atoms with E-state index in [4.69, 9.17) is 23.2 Å². The zero-order valence-electron chi connectivity index (χ0n) is 10.1. The number of hydrogen-bond donors (Lipinski definition) is 1. The van der Waals surface area contributed by atoms with Gasteiger partial charge in [-0.15, -0.1) is 0 Å². The molecule has 0 amide bonds. The Hall–Kier alpha value is -1.32. The summed E-state index contributed by atoms with van der Waals surface area (Å²) in [7, 11) is 0. The standard InChI is InChI=1S/C14H11Cl2F2N/c1-8(10-4-2-3-5-13(10)18)19-14-11(15)6-9(17)7-12(14)16/h2-8,19H,1H3. The van der Waals surface area contributed by atoms with Crippen molar-refractivity contribution in [3.05, 3.63) is 63.6 Å². The van der Waals surface area contributed by atoms with E-state index in [0.717, 1.165) is 12.1 Å². The molecule has 2 rings (SSSR count). The molecule has 1 N–H and O–H groups in total. The highest BCUT2D eigenvalue weighted by Crippen LogP contribution is 2.34. The van der Waals surface area contributed by atoms with Gasteiger partial charge in [0.25, 0.3) is 0 Å². The van der Waals surface area contributed by atoms with E-state index in [1.165, 1.54) is 6.07 Å². The molecule has 1 atom stereocenters. The molecule has 1 nitrogen and oxygen atoms in total. The Balaban J connectivity index is 2.29. The van der Waals surface area contributed by atoms with Crippen molar-refractivity contribution in [3.63, 3.8) is 0 Å². The number of anilines is 1. The average molecular weight is 302 g/mol. The Morgan fingerprint density at radius 2 is 1.63 bits per heavy atom. The minimum atomic E-state index is -0.515. The molecule has 0 spiro atoms. The third-order valence-electron chi connectivity index (χ3n) is 2.74. The summed E-state index contributed by atoms with van der Waals surface area (Å²) in [5, 5.41) is 3.31. The topological polar surface area (TPSA) is 12.0 Å². The Kier molecular flexibility index (Phi) is 4.27. The van der Waals surface area contributed by atoms with Crippen molar-refractivity contribution < 1.29 is 8.78 Å². The summed E-state index contributed by atoms with van der Waals surface area (Å²) in [5.41, 5.74) is 0.874. The molecule has 0 saturated carbocycles. The van der Waals surface area contributed by atoms with Crippen LogP contribution in [0.5, 0.6) is 0 Å². The summed E-state index contributed by atoms with van der Waals surface area (Å²) in [6.45, 7) is 1.77. The van der Waals surface area contributed by atoms with E-state index in [1.807, 2.05) is 0 Å². The van der Waals surface area contributed by atoms with Gasteiger partial charge in [-0.05, 0) is 25.1 Å². The van der Waals surface area contributed by atoms with Gasteiger partial charge in [-0.2, -0.15) is 0 Å². The minimum Gasteiger partial charge on any atom is -0.376 e. The molecule has 19 heavy (non-hydrogen) atoms. The fourth-order valence-electron chi connectivity index (χ4n) is 1.80. The second-order valence-electron chi connectivity index (χ2n) is 4.13. The van der Waals surface area contributed by atoms with Crippen LogP contribution in [0.1, 0.15) is 18.5 Å². The van der Waals surface area contributed by atoms with E-state index in [9.17, 15) is 8.78 Å². The van der Waals surface area contributed by atoms with Crippen LogP contribution in [0.15, 0.2) is 36.4 Å². The van der Waals surface area contributed by atoms with Crippen LogP contribution in [0.4, 0.5) is 14.5 Å². The highest BCUT2D eigenvalue weighted by molar-refractivity contribution is 6.39. The second-order valence-corrected chi connectivity index (χ2v) is 4.95. The number of benzene rings is 2. The van der Waals surface area contributed by atoms with E-state index >= 15 is 0 Å². The maximum Gasteiger partial charge on any atom is 0.128 e. The van der Waals surface area contributed by atoms with Crippen molar-refractivity contribution in [1.29, 1.82) is 0 Å². The number of hydrogen-bond acceptors (Lipinski definition) is 1. The monoisotopic (exact) mass is 301 g/mol. The van der Waals surface area contributed by atoms with Gasteiger partial charge in [0.15, 0.2) is 0 Å². The first-order chi connectivity index (χ1) is 8.99.